The zero-order valence-corrected chi connectivity index (χ0v) is 12.7. The van der Waals surface area contributed by atoms with Crippen LogP contribution in [0.4, 0.5) is 0 Å². The van der Waals surface area contributed by atoms with E-state index >= 15 is 0 Å². The summed E-state index contributed by atoms with van der Waals surface area (Å²) in [5.74, 6) is 0.745. The number of rotatable bonds is 2. The minimum absolute atomic E-state index is 0.615. The molecule has 0 saturated carbocycles. The Kier molecular flexibility index (Phi) is 3.28. The molecule has 1 aromatic heterocycles. The number of imidazole rings is 1. The second-order valence-electron chi connectivity index (χ2n) is 4.55. The normalized spacial score (nSPS) is 10.9. The summed E-state index contributed by atoms with van der Waals surface area (Å²) in [6, 6.07) is 11.6. The number of hydrogen-bond donors (Lipinski definition) is 1. The van der Waals surface area contributed by atoms with Crippen LogP contribution in [0.5, 0.6) is 5.75 Å². The maximum Gasteiger partial charge on any atom is 0.182 e. The fourth-order valence-corrected chi connectivity index (χ4v) is 2.85. The Bertz CT molecular complexity index is 851. The molecule has 1 heterocycles. The van der Waals surface area contributed by atoms with Crippen LogP contribution in [0.3, 0.4) is 0 Å². The van der Waals surface area contributed by atoms with Crippen molar-refractivity contribution in [2.75, 3.05) is 7.11 Å². The van der Waals surface area contributed by atoms with Crippen LogP contribution in [0.1, 0.15) is 5.56 Å². The molecule has 0 amide bonds. The number of aromatic nitrogens is 2. The van der Waals surface area contributed by atoms with Gasteiger partial charge in [-0.15, -0.1) is 0 Å². The number of benzene rings is 2. The lowest BCUT2D eigenvalue weighted by Gasteiger charge is -2.10. The molecule has 0 atom stereocenters. The first-order chi connectivity index (χ1) is 9.61. The van der Waals surface area contributed by atoms with Crippen molar-refractivity contribution >= 4 is 34.9 Å². The third-order valence-electron chi connectivity index (χ3n) is 3.30. The summed E-state index contributed by atoms with van der Waals surface area (Å²) in [4.78, 5) is 3.21. The van der Waals surface area contributed by atoms with E-state index in [-0.39, 0.29) is 0 Å². The molecule has 3 nitrogen and oxygen atoms in total. The predicted molar refractivity (Wildman–Crippen MR) is 84.8 cm³/mol. The lowest BCUT2D eigenvalue weighted by Crippen LogP contribution is -1.97. The maximum absolute atomic E-state index is 6.33. The number of hydrogen-bond acceptors (Lipinski definition) is 2. The van der Waals surface area contributed by atoms with Crippen LogP contribution in [-0.4, -0.2) is 16.7 Å². The lowest BCUT2D eigenvalue weighted by atomic mass is 10.2. The van der Waals surface area contributed by atoms with Gasteiger partial charge in [0.25, 0.3) is 0 Å². The van der Waals surface area contributed by atoms with E-state index in [9.17, 15) is 0 Å². The molecule has 20 heavy (non-hydrogen) atoms. The van der Waals surface area contributed by atoms with Crippen LogP contribution in [0, 0.1) is 11.7 Å². The third-order valence-corrected chi connectivity index (χ3v) is 3.90. The third kappa shape index (κ3) is 2.01. The van der Waals surface area contributed by atoms with E-state index in [1.807, 2.05) is 34.9 Å². The highest BCUT2D eigenvalue weighted by molar-refractivity contribution is 7.71. The number of para-hydroxylation sites is 1. The van der Waals surface area contributed by atoms with Crippen LogP contribution in [0.15, 0.2) is 36.4 Å². The Labute approximate surface area is 126 Å². The average molecular weight is 305 g/mol. The fourth-order valence-electron chi connectivity index (χ4n) is 2.35. The van der Waals surface area contributed by atoms with E-state index < -0.39 is 0 Å². The van der Waals surface area contributed by atoms with Crippen molar-refractivity contribution in [3.8, 4) is 11.4 Å². The van der Waals surface area contributed by atoms with Gasteiger partial charge in [0.1, 0.15) is 5.75 Å². The van der Waals surface area contributed by atoms with Crippen molar-refractivity contribution in [3.05, 3.63) is 51.8 Å². The molecule has 1 N–H and O–H groups in total. The molecule has 102 valence electrons. The number of nitrogens with zero attached hydrogens (tertiary/aromatic N) is 1. The Hall–Kier alpha value is -1.78. The SMILES string of the molecule is COc1ccc(Cl)c(-n2c(=S)[nH]c3cccc(C)c32)c1. The van der Waals surface area contributed by atoms with Crippen molar-refractivity contribution in [2.24, 2.45) is 0 Å². The molecule has 0 radical (unpaired) electrons. The van der Waals surface area contributed by atoms with Crippen LogP contribution in [0.25, 0.3) is 16.7 Å². The highest BCUT2D eigenvalue weighted by Crippen LogP contribution is 2.30. The van der Waals surface area contributed by atoms with Gasteiger partial charge in [0.15, 0.2) is 4.77 Å². The molecule has 0 aliphatic carbocycles. The minimum atomic E-state index is 0.615. The zero-order chi connectivity index (χ0) is 14.3. The summed E-state index contributed by atoms with van der Waals surface area (Å²) in [5.41, 5.74) is 3.98. The minimum Gasteiger partial charge on any atom is -0.497 e. The molecule has 0 aliphatic heterocycles. The van der Waals surface area contributed by atoms with Gasteiger partial charge in [0.2, 0.25) is 0 Å². The monoisotopic (exact) mass is 304 g/mol. The number of aromatic amines is 1. The highest BCUT2D eigenvalue weighted by atomic mass is 35.5. The van der Waals surface area contributed by atoms with E-state index in [1.54, 1.807) is 7.11 Å². The van der Waals surface area contributed by atoms with Gasteiger partial charge in [0.05, 0.1) is 28.9 Å². The molecule has 5 heteroatoms. The van der Waals surface area contributed by atoms with Gasteiger partial charge in [0, 0.05) is 6.07 Å². The fraction of sp³-hybridized carbons (Fsp3) is 0.133. The Morgan fingerprint density at radius 2 is 2.05 bits per heavy atom. The van der Waals surface area contributed by atoms with E-state index in [0.29, 0.717) is 9.79 Å². The van der Waals surface area contributed by atoms with Gasteiger partial charge in [-0.25, -0.2) is 0 Å². The topological polar surface area (TPSA) is 29.9 Å². The Morgan fingerprint density at radius 3 is 2.80 bits per heavy atom. The first kappa shape index (κ1) is 13.2. The van der Waals surface area contributed by atoms with Gasteiger partial charge in [-0.2, -0.15) is 0 Å². The van der Waals surface area contributed by atoms with Gasteiger partial charge >= 0.3 is 0 Å². The van der Waals surface area contributed by atoms with Gasteiger partial charge in [-0.3, -0.25) is 4.57 Å². The highest BCUT2D eigenvalue weighted by Gasteiger charge is 2.12. The second kappa shape index (κ2) is 4.96. The van der Waals surface area contributed by atoms with Crippen molar-refractivity contribution in [1.82, 2.24) is 9.55 Å². The molecule has 3 rings (SSSR count). The number of halogens is 1. The lowest BCUT2D eigenvalue weighted by molar-refractivity contribution is 0.414. The summed E-state index contributed by atoms with van der Waals surface area (Å²) in [6.07, 6.45) is 0. The van der Waals surface area contributed by atoms with Crippen LogP contribution < -0.4 is 4.74 Å². The average Bonchev–Trinajstić information content (AvgIpc) is 2.77. The van der Waals surface area contributed by atoms with Crippen LogP contribution in [0.2, 0.25) is 5.02 Å². The van der Waals surface area contributed by atoms with Crippen molar-refractivity contribution in [2.45, 2.75) is 6.92 Å². The van der Waals surface area contributed by atoms with Gasteiger partial charge in [-0.1, -0.05) is 23.7 Å². The Morgan fingerprint density at radius 1 is 1.25 bits per heavy atom. The standard InChI is InChI=1S/C15H13ClN2OS/c1-9-4-3-5-12-14(9)18(15(20)17-12)13-8-10(19-2)6-7-11(13)16/h3-8H,1-2H3,(H,17,20). The van der Waals surface area contributed by atoms with Crippen LogP contribution in [-0.2, 0) is 0 Å². The van der Waals surface area contributed by atoms with Crippen molar-refractivity contribution in [1.29, 1.82) is 0 Å². The molecule has 3 aromatic rings. The van der Waals surface area contributed by atoms with E-state index in [2.05, 4.69) is 18.0 Å². The van der Waals surface area contributed by atoms with Gasteiger partial charge < -0.3 is 9.72 Å². The first-order valence-electron chi connectivity index (χ1n) is 6.16. The van der Waals surface area contributed by atoms with Crippen molar-refractivity contribution < 1.29 is 4.74 Å². The van der Waals surface area contributed by atoms with E-state index in [4.69, 9.17) is 28.6 Å². The molecule has 0 saturated heterocycles. The summed E-state index contributed by atoms with van der Waals surface area (Å²) in [6.45, 7) is 2.05. The van der Waals surface area contributed by atoms with Gasteiger partial charge in [-0.05, 0) is 42.9 Å². The summed E-state index contributed by atoms with van der Waals surface area (Å²) in [5, 5.41) is 0.631. The maximum atomic E-state index is 6.33. The largest absolute Gasteiger partial charge is 0.497 e. The number of methoxy groups -OCH3 is 1. The summed E-state index contributed by atoms with van der Waals surface area (Å²) >= 11 is 11.8. The summed E-state index contributed by atoms with van der Waals surface area (Å²) in [7, 11) is 1.63. The van der Waals surface area contributed by atoms with Crippen molar-refractivity contribution in [3.63, 3.8) is 0 Å². The molecule has 0 aliphatic rings. The molecule has 0 fully saturated rings. The van der Waals surface area contributed by atoms with Crippen LogP contribution >= 0.6 is 23.8 Å². The number of H-pyrrole nitrogens is 1. The second-order valence-corrected chi connectivity index (χ2v) is 5.35. The van der Waals surface area contributed by atoms with E-state index in [1.165, 1.54) is 0 Å². The molecule has 0 spiro atoms. The number of nitrogens with one attached hydrogen (secondary N) is 1. The van der Waals surface area contributed by atoms with E-state index in [0.717, 1.165) is 28.0 Å². The quantitative estimate of drug-likeness (QED) is 0.698. The number of ether oxygens (including phenoxy) is 1. The molecule has 2 aromatic carbocycles. The molecule has 0 unspecified atom stereocenters. The number of aryl methyl sites for hydroxylation is 1. The smallest absolute Gasteiger partial charge is 0.182 e. The first-order valence-corrected chi connectivity index (χ1v) is 6.94. The number of fused-ring (bicyclic) bond motifs is 1. The molecular formula is C15H13ClN2OS. The zero-order valence-electron chi connectivity index (χ0n) is 11.1. The predicted octanol–water partition coefficient (Wildman–Crippen LogP) is 4.66. The molecular weight excluding hydrogens is 292 g/mol. The Balaban J connectivity index is 2.40. The summed E-state index contributed by atoms with van der Waals surface area (Å²) < 4.78 is 7.84. The molecule has 0 bridgehead atoms.